The maximum Gasteiger partial charge on any atom is 0.125 e. The lowest BCUT2D eigenvalue weighted by atomic mass is 10.1. The molecule has 0 saturated carbocycles. The van der Waals surface area contributed by atoms with Gasteiger partial charge < -0.3 is 10.1 Å². The van der Waals surface area contributed by atoms with E-state index in [-0.39, 0.29) is 6.10 Å². The van der Waals surface area contributed by atoms with Crippen LogP contribution in [0.4, 0.5) is 5.82 Å². The fourth-order valence-electron chi connectivity index (χ4n) is 1.82. The zero-order valence-corrected chi connectivity index (χ0v) is 13.4. The largest absolute Gasteiger partial charge is 0.491 e. The van der Waals surface area contributed by atoms with E-state index in [4.69, 9.17) is 4.74 Å². The smallest absolute Gasteiger partial charge is 0.125 e. The molecule has 1 heterocycles. The Bertz CT molecular complexity index is 523. The summed E-state index contributed by atoms with van der Waals surface area (Å²) in [6.07, 6.45) is 2.96. The number of halogens is 1. The van der Waals surface area contributed by atoms with Crippen LogP contribution in [-0.2, 0) is 6.42 Å². The molecule has 1 aromatic heterocycles. The van der Waals surface area contributed by atoms with Crippen LogP contribution in [-0.4, -0.2) is 17.6 Å². The number of aromatic nitrogens is 1. The molecule has 0 spiro atoms. The lowest BCUT2D eigenvalue weighted by molar-refractivity contribution is 0.242. The van der Waals surface area contributed by atoms with Crippen molar-refractivity contribution in [3.8, 4) is 5.75 Å². The predicted molar refractivity (Wildman–Crippen MR) is 86.3 cm³/mol. The summed E-state index contributed by atoms with van der Waals surface area (Å²) in [4.78, 5) is 4.28. The van der Waals surface area contributed by atoms with Gasteiger partial charge in [-0.3, -0.25) is 0 Å². The zero-order valence-electron chi connectivity index (χ0n) is 11.8. The fraction of sp³-hybridized carbons (Fsp3) is 0.312. The van der Waals surface area contributed by atoms with Crippen LogP contribution in [0.15, 0.2) is 47.1 Å². The minimum Gasteiger partial charge on any atom is -0.491 e. The van der Waals surface area contributed by atoms with E-state index in [9.17, 15) is 0 Å². The molecule has 4 heteroatoms. The molecular weight excluding hydrogens is 316 g/mol. The van der Waals surface area contributed by atoms with E-state index < -0.39 is 0 Å². The van der Waals surface area contributed by atoms with Crippen molar-refractivity contribution in [1.82, 2.24) is 4.98 Å². The molecule has 0 saturated heterocycles. The van der Waals surface area contributed by atoms with Crippen LogP contribution in [0, 0.1) is 0 Å². The van der Waals surface area contributed by atoms with Crippen molar-refractivity contribution in [3.63, 3.8) is 0 Å². The standard InChI is InChI=1S/C16H19BrN2O/c1-12(2)20-15-6-3-13(4-7-15)9-10-18-16-8-5-14(17)11-19-16/h3-8,11-12H,9-10H2,1-2H3,(H,18,19). The monoisotopic (exact) mass is 334 g/mol. The summed E-state index contributed by atoms with van der Waals surface area (Å²) >= 11 is 3.37. The van der Waals surface area contributed by atoms with Crippen molar-refractivity contribution in [3.05, 3.63) is 52.6 Å². The van der Waals surface area contributed by atoms with Crippen molar-refractivity contribution in [1.29, 1.82) is 0 Å². The summed E-state index contributed by atoms with van der Waals surface area (Å²) in [6, 6.07) is 12.2. The molecule has 2 aromatic rings. The van der Waals surface area contributed by atoms with Crippen molar-refractivity contribution in [2.45, 2.75) is 26.4 Å². The highest BCUT2D eigenvalue weighted by atomic mass is 79.9. The Morgan fingerprint density at radius 1 is 1.15 bits per heavy atom. The molecule has 106 valence electrons. The molecule has 1 aromatic carbocycles. The van der Waals surface area contributed by atoms with Crippen molar-refractivity contribution in [2.24, 2.45) is 0 Å². The van der Waals surface area contributed by atoms with Gasteiger partial charge >= 0.3 is 0 Å². The molecule has 2 rings (SSSR count). The molecule has 0 amide bonds. The number of hydrogen-bond acceptors (Lipinski definition) is 3. The maximum absolute atomic E-state index is 5.62. The van der Waals surface area contributed by atoms with Gasteiger partial charge in [-0.2, -0.15) is 0 Å². The van der Waals surface area contributed by atoms with Crippen LogP contribution in [0.5, 0.6) is 5.75 Å². The minimum absolute atomic E-state index is 0.214. The third-order valence-corrected chi connectivity index (χ3v) is 3.21. The Labute approximate surface area is 128 Å². The van der Waals surface area contributed by atoms with Crippen LogP contribution >= 0.6 is 15.9 Å². The molecule has 0 radical (unpaired) electrons. The second-order valence-corrected chi connectivity index (χ2v) is 5.76. The Hall–Kier alpha value is -1.55. The topological polar surface area (TPSA) is 34.1 Å². The average molecular weight is 335 g/mol. The molecule has 3 nitrogen and oxygen atoms in total. The molecule has 20 heavy (non-hydrogen) atoms. The molecule has 0 unspecified atom stereocenters. The lowest BCUT2D eigenvalue weighted by Crippen LogP contribution is -2.07. The van der Waals surface area contributed by atoms with Gasteiger partial charge in [0, 0.05) is 17.2 Å². The van der Waals surface area contributed by atoms with E-state index in [1.807, 2.05) is 38.1 Å². The van der Waals surface area contributed by atoms with Crippen LogP contribution in [0.25, 0.3) is 0 Å². The highest BCUT2D eigenvalue weighted by Crippen LogP contribution is 2.14. The molecule has 0 bridgehead atoms. The van der Waals surface area contributed by atoms with Gasteiger partial charge in [0.25, 0.3) is 0 Å². The fourth-order valence-corrected chi connectivity index (χ4v) is 2.06. The van der Waals surface area contributed by atoms with Crippen LogP contribution in [0.2, 0.25) is 0 Å². The van der Waals surface area contributed by atoms with Gasteiger partial charge in [0.15, 0.2) is 0 Å². The number of nitrogens with zero attached hydrogens (tertiary/aromatic N) is 1. The molecule has 0 fully saturated rings. The lowest BCUT2D eigenvalue weighted by Gasteiger charge is -2.10. The summed E-state index contributed by atoms with van der Waals surface area (Å²) in [5.74, 6) is 1.82. The van der Waals surface area contributed by atoms with Crippen LogP contribution < -0.4 is 10.1 Å². The predicted octanol–water partition coefficient (Wildman–Crippen LogP) is 4.29. The third kappa shape index (κ3) is 4.85. The van der Waals surface area contributed by atoms with Crippen LogP contribution in [0.1, 0.15) is 19.4 Å². The van der Waals surface area contributed by atoms with E-state index in [1.165, 1.54) is 5.56 Å². The average Bonchev–Trinajstić information content (AvgIpc) is 2.42. The first-order valence-corrected chi connectivity index (χ1v) is 7.54. The number of nitrogens with one attached hydrogen (secondary N) is 1. The van der Waals surface area contributed by atoms with Gasteiger partial charge in [-0.05, 0) is 66.0 Å². The summed E-state index contributed by atoms with van der Waals surface area (Å²) in [5.41, 5.74) is 1.28. The van der Waals surface area contributed by atoms with E-state index in [2.05, 4.69) is 38.4 Å². The summed E-state index contributed by atoms with van der Waals surface area (Å²) < 4.78 is 6.61. The maximum atomic E-state index is 5.62. The van der Waals surface area contributed by atoms with Gasteiger partial charge in [-0.15, -0.1) is 0 Å². The molecule has 0 aliphatic heterocycles. The summed E-state index contributed by atoms with van der Waals surface area (Å²) in [7, 11) is 0. The molecular formula is C16H19BrN2O. The van der Waals surface area contributed by atoms with Crippen molar-refractivity contribution >= 4 is 21.7 Å². The number of rotatable bonds is 6. The van der Waals surface area contributed by atoms with Gasteiger partial charge in [-0.1, -0.05) is 12.1 Å². The molecule has 1 N–H and O–H groups in total. The third-order valence-electron chi connectivity index (χ3n) is 2.74. The zero-order chi connectivity index (χ0) is 14.4. The quantitative estimate of drug-likeness (QED) is 0.855. The summed E-state index contributed by atoms with van der Waals surface area (Å²) in [5, 5.41) is 3.30. The van der Waals surface area contributed by atoms with Gasteiger partial charge in [0.05, 0.1) is 6.10 Å². The van der Waals surface area contributed by atoms with Crippen molar-refractivity contribution in [2.75, 3.05) is 11.9 Å². The first kappa shape index (κ1) is 14.9. The number of benzene rings is 1. The Morgan fingerprint density at radius 3 is 2.50 bits per heavy atom. The number of pyridine rings is 1. The van der Waals surface area contributed by atoms with Gasteiger partial charge in [0.1, 0.15) is 11.6 Å². The molecule has 0 atom stereocenters. The van der Waals surface area contributed by atoms with Crippen molar-refractivity contribution < 1.29 is 4.74 Å². The van der Waals surface area contributed by atoms with Crippen LogP contribution in [0.3, 0.4) is 0 Å². The van der Waals surface area contributed by atoms with Gasteiger partial charge in [0.2, 0.25) is 0 Å². The van der Waals surface area contributed by atoms with E-state index >= 15 is 0 Å². The second-order valence-electron chi connectivity index (χ2n) is 4.85. The summed E-state index contributed by atoms with van der Waals surface area (Å²) in [6.45, 7) is 4.92. The highest BCUT2D eigenvalue weighted by molar-refractivity contribution is 9.10. The number of anilines is 1. The molecule has 0 aliphatic carbocycles. The van der Waals surface area contributed by atoms with E-state index in [0.717, 1.165) is 29.0 Å². The number of ether oxygens (including phenoxy) is 1. The Kier molecular flexibility index (Phi) is 5.41. The SMILES string of the molecule is CC(C)Oc1ccc(CCNc2ccc(Br)cn2)cc1. The number of hydrogen-bond donors (Lipinski definition) is 1. The van der Waals surface area contributed by atoms with E-state index in [1.54, 1.807) is 6.20 Å². The molecule has 0 aliphatic rings. The normalized spacial score (nSPS) is 10.6. The first-order chi connectivity index (χ1) is 9.63. The highest BCUT2D eigenvalue weighted by Gasteiger charge is 1.99. The Morgan fingerprint density at radius 2 is 1.90 bits per heavy atom. The van der Waals surface area contributed by atoms with Gasteiger partial charge in [-0.25, -0.2) is 4.98 Å². The first-order valence-electron chi connectivity index (χ1n) is 6.74. The minimum atomic E-state index is 0.214. The Balaban J connectivity index is 1.80. The van der Waals surface area contributed by atoms with E-state index in [0.29, 0.717) is 0 Å². The second kappa shape index (κ2) is 7.29.